The average Bonchev–Trinajstić information content (AvgIpc) is 2.18. The van der Waals surface area contributed by atoms with Crippen LogP contribution in [0, 0.1) is 0 Å². The third-order valence-electron chi connectivity index (χ3n) is 2.01. The standard InChI is InChI=1S/C11H13F2NO3/c1-14(7-10(15)16)6-8-2-4-9(5-3-8)17-11(12)13/h2-5,11H,6-7H2,1H3,(H,15,16). The van der Waals surface area contributed by atoms with E-state index in [4.69, 9.17) is 5.11 Å². The lowest BCUT2D eigenvalue weighted by atomic mass is 10.2. The number of carboxylic acids is 1. The summed E-state index contributed by atoms with van der Waals surface area (Å²) in [6.45, 7) is -2.48. The van der Waals surface area contributed by atoms with Gasteiger partial charge in [-0.2, -0.15) is 8.78 Å². The van der Waals surface area contributed by atoms with Gasteiger partial charge in [0.25, 0.3) is 0 Å². The van der Waals surface area contributed by atoms with Crippen molar-refractivity contribution >= 4 is 5.97 Å². The number of carbonyl (C=O) groups is 1. The van der Waals surface area contributed by atoms with Gasteiger partial charge in [0, 0.05) is 6.54 Å². The van der Waals surface area contributed by atoms with Crippen molar-refractivity contribution in [2.24, 2.45) is 0 Å². The van der Waals surface area contributed by atoms with Crippen LogP contribution in [0.3, 0.4) is 0 Å². The highest BCUT2D eigenvalue weighted by Gasteiger charge is 2.06. The molecule has 0 saturated heterocycles. The maximum absolute atomic E-state index is 11.9. The molecule has 0 amide bonds. The summed E-state index contributed by atoms with van der Waals surface area (Å²) in [6.07, 6.45) is 0. The van der Waals surface area contributed by atoms with E-state index in [0.29, 0.717) is 6.54 Å². The molecule has 0 heterocycles. The maximum Gasteiger partial charge on any atom is 0.387 e. The number of aliphatic carboxylic acids is 1. The van der Waals surface area contributed by atoms with Gasteiger partial charge in [0.2, 0.25) is 0 Å². The second-order valence-corrected chi connectivity index (χ2v) is 3.59. The van der Waals surface area contributed by atoms with Gasteiger partial charge in [-0.25, -0.2) is 0 Å². The molecular weight excluding hydrogens is 232 g/mol. The third-order valence-corrected chi connectivity index (χ3v) is 2.01. The van der Waals surface area contributed by atoms with Crippen LogP contribution in [0.5, 0.6) is 5.75 Å². The highest BCUT2D eigenvalue weighted by atomic mass is 19.3. The van der Waals surface area contributed by atoms with Gasteiger partial charge >= 0.3 is 12.6 Å². The Hall–Kier alpha value is -1.69. The van der Waals surface area contributed by atoms with Crippen molar-refractivity contribution < 1.29 is 23.4 Å². The molecule has 94 valence electrons. The predicted octanol–water partition coefficient (Wildman–Crippen LogP) is 1.80. The molecule has 0 spiro atoms. The van der Waals surface area contributed by atoms with Crippen molar-refractivity contribution in [3.05, 3.63) is 29.8 Å². The number of likely N-dealkylation sites (N-methyl/N-ethyl adjacent to an activating group) is 1. The van der Waals surface area contributed by atoms with E-state index >= 15 is 0 Å². The summed E-state index contributed by atoms with van der Waals surface area (Å²) in [4.78, 5) is 12.0. The quantitative estimate of drug-likeness (QED) is 0.830. The number of hydrogen-bond donors (Lipinski definition) is 1. The molecule has 0 fully saturated rings. The van der Waals surface area contributed by atoms with Gasteiger partial charge < -0.3 is 9.84 Å². The zero-order chi connectivity index (χ0) is 12.8. The van der Waals surface area contributed by atoms with E-state index in [-0.39, 0.29) is 12.3 Å². The Balaban J connectivity index is 2.53. The molecule has 0 aliphatic heterocycles. The number of nitrogens with zero attached hydrogens (tertiary/aromatic N) is 1. The Bertz CT molecular complexity index is 367. The number of carboxylic acid groups (broad SMARTS) is 1. The molecule has 0 aliphatic carbocycles. The minimum atomic E-state index is -2.84. The first-order chi connectivity index (χ1) is 7.97. The molecule has 0 bridgehead atoms. The number of rotatable bonds is 6. The zero-order valence-corrected chi connectivity index (χ0v) is 9.27. The molecule has 1 aromatic carbocycles. The number of ether oxygens (including phenoxy) is 1. The van der Waals surface area contributed by atoms with E-state index in [1.807, 2.05) is 0 Å². The van der Waals surface area contributed by atoms with Crippen molar-refractivity contribution in [1.82, 2.24) is 4.90 Å². The molecule has 0 unspecified atom stereocenters. The number of alkyl halides is 2. The number of halogens is 2. The highest BCUT2D eigenvalue weighted by molar-refractivity contribution is 5.69. The fourth-order valence-corrected chi connectivity index (χ4v) is 1.37. The monoisotopic (exact) mass is 245 g/mol. The van der Waals surface area contributed by atoms with Gasteiger partial charge in [0.15, 0.2) is 0 Å². The lowest BCUT2D eigenvalue weighted by Crippen LogP contribution is -2.25. The van der Waals surface area contributed by atoms with Crippen molar-refractivity contribution in [2.75, 3.05) is 13.6 Å². The van der Waals surface area contributed by atoms with E-state index < -0.39 is 12.6 Å². The summed E-state index contributed by atoms with van der Waals surface area (Å²) in [7, 11) is 1.66. The number of hydrogen-bond acceptors (Lipinski definition) is 3. The molecule has 4 nitrogen and oxygen atoms in total. The molecule has 1 aromatic rings. The molecular formula is C11H13F2NO3. The minimum Gasteiger partial charge on any atom is -0.480 e. The van der Waals surface area contributed by atoms with Gasteiger partial charge in [0.05, 0.1) is 6.54 Å². The van der Waals surface area contributed by atoms with Gasteiger partial charge in [-0.1, -0.05) is 12.1 Å². The molecule has 0 aliphatic rings. The van der Waals surface area contributed by atoms with Crippen LogP contribution in [0.25, 0.3) is 0 Å². The molecule has 1 rings (SSSR count). The molecule has 0 atom stereocenters. The lowest BCUT2D eigenvalue weighted by Gasteiger charge is -2.14. The summed E-state index contributed by atoms with van der Waals surface area (Å²) in [5, 5.41) is 8.56. The van der Waals surface area contributed by atoms with Crippen molar-refractivity contribution in [1.29, 1.82) is 0 Å². The summed E-state index contributed by atoms with van der Waals surface area (Å²) < 4.78 is 28.0. The molecule has 1 N–H and O–H groups in total. The van der Waals surface area contributed by atoms with Gasteiger partial charge in [-0.05, 0) is 24.7 Å². The summed E-state index contributed by atoms with van der Waals surface area (Å²) in [5.74, 6) is -0.824. The van der Waals surface area contributed by atoms with Gasteiger partial charge in [-0.15, -0.1) is 0 Å². The Morgan fingerprint density at radius 2 is 2.00 bits per heavy atom. The first-order valence-corrected chi connectivity index (χ1v) is 4.91. The van der Waals surface area contributed by atoms with Crippen LogP contribution in [-0.4, -0.2) is 36.2 Å². The maximum atomic E-state index is 11.9. The van der Waals surface area contributed by atoms with E-state index in [9.17, 15) is 13.6 Å². The Labute approximate surface area is 97.4 Å². The van der Waals surface area contributed by atoms with Crippen molar-refractivity contribution in [3.8, 4) is 5.75 Å². The first-order valence-electron chi connectivity index (χ1n) is 4.91. The van der Waals surface area contributed by atoms with E-state index in [1.54, 1.807) is 24.1 Å². The van der Waals surface area contributed by atoms with Crippen molar-refractivity contribution in [2.45, 2.75) is 13.2 Å². The van der Waals surface area contributed by atoms with E-state index in [0.717, 1.165) is 5.56 Å². The second-order valence-electron chi connectivity index (χ2n) is 3.59. The average molecular weight is 245 g/mol. The molecule has 17 heavy (non-hydrogen) atoms. The molecule has 0 saturated carbocycles. The molecule has 0 aromatic heterocycles. The van der Waals surface area contributed by atoms with Crippen LogP contribution in [0.2, 0.25) is 0 Å². The van der Waals surface area contributed by atoms with Gasteiger partial charge in [-0.3, -0.25) is 9.69 Å². The summed E-state index contributed by atoms with van der Waals surface area (Å²) in [6, 6.07) is 6.10. The zero-order valence-electron chi connectivity index (χ0n) is 9.27. The first kappa shape index (κ1) is 13.4. The minimum absolute atomic E-state index is 0.0741. The third kappa shape index (κ3) is 5.26. The SMILES string of the molecule is CN(CC(=O)O)Cc1ccc(OC(F)F)cc1. The molecule has 6 heteroatoms. The Morgan fingerprint density at radius 3 is 2.47 bits per heavy atom. The smallest absolute Gasteiger partial charge is 0.387 e. The fraction of sp³-hybridized carbons (Fsp3) is 0.364. The van der Waals surface area contributed by atoms with Crippen molar-refractivity contribution in [3.63, 3.8) is 0 Å². The van der Waals surface area contributed by atoms with Crippen LogP contribution >= 0.6 is 0 Å². The van der Waals surface area contributed by atoms with Crippen LogP contribution in [0.1, 0.15) is 5.56 Å². The second kappa shape index (κ2) is 6.15. The van der Waals surface area contributed by atoms with Crippen LogP contribution in [0.15, 0.2) is 24.3 Å². The van der Waals surface area contributed by atoms with E-state index in [2.05, 4.69) is 4.74 Å². The van der Waals surface area contributed by atoms with Crippen LogP contribution in [-0.2, 0) is 11.3 Å². The fourth-order valence-electron chi connectivity index (χ4n) is 1.37. The van der Waals surface area contributed by atoms with Crippen LogP contribution < -0.4 is 4.74 Å². The Kier molecular flexibility index (Phi) is 4.84. The summed E-state index contributed by atoms with van der Waals surface area (Å²) >= 11 is 0. The highest BCUT2D eigenvalue weighted by Crippen LogP contribution is 2.15. The number of benzene rings is 1. The van der Waals surface area contributed by atoms with Crippen LogP contribution in [0.4, 0.5) is 8.78 Å². The largest absolute Gasteiger partial charge is 0.480 e. The summed E-state index contributed by atoms with van der Waals surface area (Å²) in [5.41, 5.74) is 0.829. The topological polar surface area (TPSA) is 49.8 Å². The molecule has 0 radical (unpaired) electrons. The normalized spacial score (nSPS) is 10.9. The van der Waals surface area contributed by atoms with E-state index in [1.165, 1.54) is 12.1 Å². The predicted molar refractivity (Wildman–Crippen MR) is 57.0 cm³/mol. The lowest BCUT2D eigenvalue weighted by molar-refractivity contribution is -0.138. The Morgan fingerprint density at radius 1 is 1.41 bits per heavy atom. The van der Waals surface area contributed by atoms with Gasteiger partial charge in [0.1, 0.15) is 5.75 Å².